The molecule has 3 heterocycles. The number of nitrogen functional groups attached to an aromatic ring is 1. The lowest BCUT2D eigenvalue weighted by Gasteiger charge is -2.33. The summed E-state index contributed by atoms with van der Waals surface area (Å²) < 4.78 is 8.67. The van der Waals surface area contributed by atoms with Crippen molar-refractivity contribution in [3.63, 3.8) is 0 Å². The molecule has 2 aromatic carbocycles. The predicted molar refractivity (Wildman–Crippen MR) is 140 cm³/mol. The van der Waals surface area contributed by atoms with Gasteiger partial charge in [0.25, 0.3) is 0 Å². The molecule has 1 aliphatic heterocycles. The average molecular weight is 568 g/mol. The number of anilines is 1. The van der Waals surface area contributed by atoms with Gasteiger partial charge in [-0.05, 0) is 49.2 Å². The number of alkyl halides is 1. The van der Waals surface area contributed by atoms with E-state index in [1.165, 1.54) is 6.33 Å². The summed E-state index contributed by atoms with van der Waals surface area (Å²) in [5.41, 5.74) is 8.62. The van der Waals surface area contributed by atoms with Crippen molar-refractivity contribution in [1.82, 2.24) is 24.6 Å². The number of amides is 1. The second kappa shape index (κ2) is 9.96. The minimum Gasteiger partial charge on any atom is -0.457 e. The third-order valence-corrected chi connectivity index (χ3v) is 6.57. The van der Waals surface area contributed by atoms with Crippen molar-refractivity contribution >= 4 is 45.3 Å². The maximum absolute atomic E-state index is 12.5. The van der Waals surface area contributed by atoms with Crippen LogP contribution in [0, 0.1) is 0 Å². The Morgan fingerprint density at radius 2 is 1.85 bits per heavy atom. The highest BCUT2D eigenvalue weighted by molar-refractivity contribution is 14.1. The molecule has 2 N–H and O–H groups in total. The van der Waals surface area contributed by atoms with Crippen molar-refractivity contribution in [2.24, 2.45) is 0 Å². The number of ether oxygens (including phenoxy) is 1. The summed E-state index contributed by atoms with van der Waals surface area (Å²) in [6.07, 6.45) is 3.89. The molecule has 9 heteroatoms. The first-order chi connectivity index (χ1) is 16.6. The highest BCUT2D eigenvalue weighted by atomic mass is 127. The number of nitrogens with zero attached hydrogens (tertiary/aromatic N) is 5. The molecule has 4 aromatic rings. The van der Waals surface area contributed by atoms with Crippen LogP contribution in [0.4, 0.5) is 5.82 Å². The molecule has 1 aliphatic rings. The smallest absolute Gasteiger partial charge is 0.223 e. The van der Waals surface area contributed by atoms with E-state index >= 15 is 0 Å². The normalized spacial score (nSPS) is 16.0. The molecule has 1 atom stereocenters. The van der Waals surface area contributed by atoms with Crippen molar-refractivity contribution in [3.05, 3.63) is 60.9 Å². The standard InChI is InChI=1S/C25H25IN6O2/c26-13-12-21(33)31-14-4-5-18(15-31)32-25-22(24(27)28-16-29-25)23(30-32)17-8-10-20(11-9-17)34-19-6-2-1-3-7-19/h1-3,6-11,16,18H,4-5,12-15H2,(H2,27,28,29)/t18-/m1/s1. The minimum atomic E-state index is 0.0400. The Kier molecular flexibility index (Phi) is 6.61. The number of fused-ring (bicyclic) bond motifs is 1. The van der Waals surface area contributed by atoms with E-state index in [4.69, 9.17) is 15.6 Å². The molecule has 34 heavy (non-hydrogen) atoms. The van der Waals surface area contributed by atoms with E-state index < -0.39 is 0 Å². The molecule has 1 fully saturated rings. The molecule has 8 nitrogen and oxygen atoms in total. The lowest BCUT2D eigenvalue weighted by Crippen LogP contribution is -2.41. The van der Waals surface area contributed by atoms with Gasteiger partial charge in [0, 0.05) is 29.5 Å². The lowest BCUT2D eigenvalue weighted by atomic mass is 10.1. The zero-order chi connectivity index (χ0) is 23.5. The van der Waals surface area contributed by atoms with E-state index in [1.54, 1.807) is 0 Å². The summed E-state index contributed by atoms with van der Waals surface area (Å²) in [5.74, 6) is 2.10. The maximum Gasteiger partial charge on any atom is 0.223 e. The number of rotatable bonds is 6. The largest absolute Gasteiger partial charge is 0.457 e. The van der Waals surface area contributed by atoms with Gasteiger partial charge < -0.3 is 15.4 Å². The van der Waals surface area contributed by atoms with Crippen LogP contribution in [0.3, 0.4) is 0 Å². The Morgan fingerprint density at radius 3 is 2.62 bits per heavy atom. The van der Waals surface area contributed by atoms with Crippen LogP contribution in [0.1, 0.15) is 25.3 Å². The van der Waals surface area contributed by atoms with Gasteiger partial charge in [-0.2, -0.15) is 5.10 Å². The number of para-hydroxylation sites is 1. The summed E-state index contributed by atoms with van der Waals surface area (Å²) in [4.78, 5) is 23.2. The van der Waals surface area contributed by atoms with Crippen molar-refractivity contribution in [2.45, 2.75) is 25.3 Å². The van der Waals surface area contributed by atoms with Crippen molar-refractivity contribution in [1.29, 1.82) is 0 Å². The minimum absolute atomic E-state index is 0.0400. The number of nitrogens with two attached hydrogens (primary N) is 1. The zero-order valence-electron chi connectivity index (χ0n) is 18.6. The zero-order valence-corrected chi connectivity index (χ0v) is 20.8. The van der Waals surface area contributed by atoms with Crippen LogP contribution in [0.5, 0.6) is 11.5 Å². The molecular weight excluding hydrogens is 543 g/mol. The van der Waals surface area contributed by atoms with Crippen LogP contribution in [-0.4, -0.2) is 48.1 Å². The van der Waals surface area contributed by atoms with Gasteiger partial charge in [-0.1, -0.05) is 40.8 Å². The van der Waals surface area contributed by atoms with E-state index in [2.05, 4.69) is 32.6 Å². The predicted octanol–water partition coefficient (Wildman–Crippen LogP) is 4.86. The number of hydrogen-bond donors (Lipinski definition) is 1. The van der Waals surface area contributed by atoms with Crippen LogP contribution >= 0.6 is 22.6 Å². The van der Waals surface area contributed by atoms with Crippen molar-refractivity contribution < 1.29 is 9.53 Å². The van der Waals surface area contributed by atoms with Gasteiger partial charge in [-0.25, -0.2) is 14.6 Å². The van der Waals surface area contributed by atoms with Crippen LogP contribution in [0.15, 0.2) is 60.9 Å². The lowest BCUT2D eigenvalue weighted by molar-refractivity contribution is -0.132. The number of likely N-dealkylation sites (tertiary alicyclic amines) is 1. The molecule has 0 aliphatic carbocycles. The monoisotopic (exact) mass is 568 g/mol. The Labute approximate surface area is 211 Å². The molecule has 0 spiro atoms. The SMILES string of the molecule is Nc1ncnc2c1c(-c1ccc(Oc3ccccc3)cc1)nn2[C@@H]1CCCN(C(=O)CCI)C1. The first-order valence-corrected chi connectivity index (χ1v) is 12.8. The number of hydrogen-bond acceptors (Lipinski definition) is 6. The van der Waals surface area contributed by atoms with Gasteiger partial charge in [-0.15, -0.1) is 0 Å². The second-order valence-corrected chi connectivity index (χ2v) is 9.34. The van der Waals surface area contributed by atoms with Gasteiger partial charge in [-0.3, -0.25) is 4.79 Å². The van der Waals surface area contributed by atoms with Gasteiger partial charge in [0.05, 0.1) is 11.4 Å². The van der Waals surface area contributed by atoms with Crippen LogP contribution in [0.25, 0.3) is 22.3 Å². The van der Waals surface area contributed by atoms with E-state index in [-0.39, 0.29) is 11.9 Å². The molecule has 0 radical (unpaired) electrons. The molecular formula is C25H25IN6O2. The van der Waals surface area contributed by atoms with Crippen LogP contribution < -0.4 is 10.5 Å². The van der Waals surface area contributed by atoms with Crippen molar-refractivity contribution in [3.8, 4) is 22.8 Å². The van der Waals surface area contributed by atoms with Gasteiger partial charge in [0.2, 0.25) is 5.91 Å². The molecule has 0 unspecified atom stereocenters. The Bertz CT molecular complexity index is 1290. The van der Waals surface area contributed by atoms with Gasteiger partial charge in [0.15, 0.2) is 5.65 Å². The molecule has 0 saturated carbocycles. The molecule has 1 amide bonds. The summed E-state index contributed by atoms with van der Waals surface area (Å²) in [5, 5.41) is 5.68. The number of piperidine rings is 1. The molecule has 5 rings (SSSR count). The number of carbonyl (C=O) groups is 1. The fraction of sp³-hybridized carbons (Fsp3) is 0.280. The molecule has 1 saturated heterocycles. The number of carbonyl (C=O) groups excluding carboxylic acids is 1. The first kappa shape index (κ1) is 22.6. The van der Waals surface area contributed by atoms with Crippen LogP contribution in [-0.2, 0) is 4.79 Å². The first-order valence-electron chi connectivity index (χ1n) is 11.3. The van der Waals surface area contributed by atoms with Crippen LogP contribution in [0.2, 0.25) is 0 Å². The molecule has 174 valence electrons. The highest BCUT2D eigenvalue weighted by Gasteiger charge is 2.28. The average Bonchev–Trinajstić information content (AvgIpc) is 3.26. The fourth-order valence-corrected chi connectivity index (χ4v) is 4.84. The molecule has 2 aromatic heterocycles. The third-order valence-electron chi connectivity index (χ3n) is 6.03. The Hall–Kier alpha value is -3.21. The quantitative estimate of drug-likeness (QED) is 0.264. The Morgan fingerprint density at radius 1 is 1.09 bits per heavy atom. The van der Waals surface area contributed by atoms with E-state index in [1.807, 2.05) is 64.2 Å². The van der Waals surface area contributed by atoms with E-state index in [0.717, 1.165) is 52.0 Å². The highest BCUT2D eigenvalue weighted by Crippen LogP contribution is 2.35. The van der Waals surface area contributed by atoms with Crippen molar-refractivity contribution in [2.75, 3.05) is 23.3 Å². The van der Waals surface area contributed by atoms with E-state index in [0.29, 0.717) is 24.4 Å². The fourth-order valence-electron chi connectivity index (χ4n) is 4.38. The summed E-state index contributed by atoms with van der Waals surface area (Å²) >= 11 is 2.24. The summed E-state index contributed by atoms with van der Waals surface area (Å²) in [6.45, 7) is 1.41. The number of halogens is 1. The topological polar surface area (TPSA) is 99.2 Å². The van der Waals surface area contributed by atoms with Gasteiger partial charge >= 0.3 is 0 Å². The number of aromatic nitrogens is 4. The van der Waals surface area contributed by atoms with Gasteiger partial charge in [0.1, 0.15) is 29.3 Å². The van der Waals surface area contributed by atoms with E-state index in [9.17, 15) is 4.79 Å². The molecule has 0 bridgehead atoms. The number of benzene rings is 2. The third kappa shape index (κ3) is 4.56. The summed E-state index contributed by atoms with van der Waals surface area (Å²) in [7, 11) is 0. The maximum atomic E-state index is 12.5. The Balaban J connectivity index is 1.47. The summed E-state index contributed by atoms with van der Waals surface area (Å²) in [6, 6.07) is 17.5. The second-order valence-electron chi connectivity index (χ2n) is 8.26.